The number of hydrogen-bond donors (Lipinski definition) is 1. The van der Waals surface area contributed by atoms with Crippen molar-refractivity contribution in [2.45, 2.75) is 30.4 Å². The lowest BCUT2D eigenvalue weighted by molar-refractivity contribution is -0.0525. The van der Waals surface area contributed by atoms with E-state index in [1.807, 2.05) is 19.1 Å². The topological polar surface area (TPSA) is 63.6 Å². The molecule has 0 heterocycles. The van der Waals surface area contributed by atoms with Crippen LogP contribution in [-0.2, 0) is 19.9 Å². The summed E-state index contributed by atoms with van der Waals surface area (Å²) in [6.45, 7) is 3.44. The van der Waals surface area contributed by atoms with Gasteiger partial charge in [0.05, 0.1) is 4.90 Å². The average molecular weight is 382 g/mol. The lowest BCUT2D eigenvalue weighted by Gasteiger charge is -2.33. The molecule has 3 rings (SSSR count). The van der Waals surface area contributed by atoms with E-state index in [9.17, 15) is 13.5 Å². The predicted molar refractivity (Wildman–Crippen MR) is 105 cm³/mol. The first-order valence-electron chi connectivity index (χ1n) is 8.63. The molecule has 0 aromatic heterocycles. The van der Waals surface area contributed by atoms with Crippen molar-refractivity contribution in [2.75, 3.05) is 0 Å². The van der Waals surface area contributed by atoms with Crippen LogP contribution in [0.2, 0.25) is 0 Å². The first-order chi connectivity index (χ1) is 12.8. The molecule has 3 aromatic carbocycles. The second-order valence-electron chi connectivity index (χ2n) is 6.67. The summed E-state index contributed by atoms with van der Waals surface area (Å²) >= 11 is 0. The van der Waals surface area contributed by atoms with Gasteiger partial charge in [-0.2, -0.15) is 8.42 Å². The van der Waals surface area contributed by atoms with E-state index in [0.717, 1.165) is 5.56 Å². The van der Waals surface area contributed by atoms with Gasteiger partial charge < -0.3 is 5.11 Å². The number of aliphatic hydroxyl groups is 1. The van der Waals surface area contributed by atoms with E-state index in [4.69, 9.17) is 4.18 Å². The molecule has 4 nitrogen and oxygen atoms in total. The first-order valence-corrected chi connectivity index (χ1v) is 10.0. The van der Waals surface area contributed by atoms with Gasteiger partial charge in [0.1, 0.15) is 11.7 Å². The molecule has 0 saturated carbocycles. The number of rotatable bonds is 6. The second-order valence-corrected chi connectivity index (χ2v) is 8.24. The van der Waals surface area contributed by atoms with Gasteiger partial charge in [-0.05, 0) is 37.1 Å². The fraction of sp³-hybridized carbons (Fsp3) is 0.182. The summed E-state index contributed by atoms with van der Waals surface area (Å²) in [5, 5.41) is 11.3. The van der Waals surface area contributed by atoms with E-state index in [1.165, 1.54) is 12.1 Å². The zero-order valence-corrected chi connectivity index (χ0v) is 16.1. The highest BCUT2D eigenvalue weighted by Crippen LogP contribution is 2.39. The fourth-order valence-corrected chi connectivity index (χ4v) is 4.05. The molecule has 5 heteroatoms. The molecule has 2 unspecified atom stereocenters. The molecule has 0 aliphatic heterocycles. The summed E-state index contributed by atoms with van der Waals surface area (Å²) in [6, 6.07) is 24.2. The molecule has 27 heavy (non-hydrogen) atoms. The molecule has 0 amide bonds. The lowest BCUT2D eigenvalue weighted by Crippen LogP contribution is -2.33. The summed E-state index contributed by atoms with van der Waals surface area (Å²) in [7, 11) is -4.08. The van der Waals surface area contributed by atoms with Crippen LogP contribution in [-0.4, -0.2) is 13.5 Å². The van der Waals surface area contributed by atoms with Crippen molar-refractivity contribution in [3.63, 3.8) is 0 Å². The molecule has 2 atom stereocenters. The van der Waals surface area contributed by atoms with Gasteiger partial charge >= 0.3 is 0 Å². The summed E-state index contributed by atoms with van der Waals surface area (Å²) < 4.78 is 31.3. The Morgan fingerprint density at radius 1 is 0.852 bits per heavy atom. The summed E-state index contributed by atoms with van der Waals surface area (Å²) in [5.41, 5.74) is 0.533. The smallest absolute Gasteiger partial charge is 0.297 e. The molecule has 0 aliphatic rings. The molecule has 0 spiro atoms. The highest BCUT2D eigenvalue weighted by atomic mass is 32.2. The zero-order valence-electron chi connectivity index (χ0n) is 15.2. The van der Waals surface area contributed by atoms with Crippen LogP contribution >= 0.6 is 0 Å². The Labute approximate surface area is 160 Å². The van der Waals surface area contributed by atoms with E-state index in [2.05, 4.69) is 0 Å². The third-order valence-electron chi connectivity index (χ3n) is 4.50. The van der Waals surface area contributed by atoms with Gasteiger partial charge in [0.15, 0.2) is 0 Å². The van der Waals surface area contributed by atoms with Crippen LogP contribution in [0, 0.1) is 6.92 Å². The minimum absolute atomic E-state index is 0.0536. The zero-order chi connectivity index (χ0) is 19.5. The van der Waals surface area contributed by atoms with E-state index in [0.29, 0.717) is 11.1 Å². The van der Waals surface area contributed by atoms with Crippen molar-refractivity contribution in [1.82, 2.24) is 0 Å². The largest absolute Gasteiger partial charge is 0.382 e. The van der Waals surface area contributed by atoms with Crippen LogP contribution in [0.15, 0.2) is 89.8 Å². The van der Waals surface area contributed by atoms with Crippen LogP contribution < -0.4 is 0 Å². The second kappa shape index (κ2) is 7.64. The molecule has 0 saturated heterocycles. The van der Waals surface area contributed by atoms with E-state index >= 15 is 0 Å². The van der Waals surface area contributed by atoms with Crippen molar-refractivity contribution in [1.29, 1.82) is 0 Å². The van der Waals surface area contributed by atoms with E-state index in [-0.39, 0.29) is 4.90 Å². The van der Waals surface area contributed by atoms with Crippen LogP contribution in [0.1, 0.15) is 29.7 Å². The van der Waals surface area contributed by atoms with Crippen LogP contribution in [0.3, 0.4) is 0 Å². The predicted octanol–water partition coefficient (Wildman–Crippen LogP) is 4.35. The standard InChI is InChI=1S/C22H22O4S/c1-17-13-15-20(16-14-17)27(24,25)26-21(18-9-5-3-6-10-18)22(2,23)19-11-7-4-8-12-19/h3-16,21,23H,1-2H3. The molecule has 140 valence electrons. The van der Waals surface area contributed by atoms with Gasteiger partial charge in [-0.15, -0.1) is 0 Å². The Morgan fingerprint density at radius 2 is 1.37 bits per heavy atom. The van der Waals surface area contributed by atoms with Crippen molar-refractivity contribution >= 4 is 10.1 Å². The third-order valence-corrected chi connectivity index (χ3v) is 5.80. The van der Waals surface area contributed by atoms with Crippen LogP contribution in [0.25, 0.3) is 0 Å². The third kappa shape index (κ3) is 4.27. The monoisotopic (exact) mass is 382 g/mol. The Hall–Kier alpha value is -2.47. The molecule has 0 fully saturated rings. The maximum Gasteiger partial charge on any atom is 0.297 e. The van der Waals surface area contributed by atoms with Crippen molar-refractivity contribution in [2.24, 2.45) is 0 Å². The molecular weight excluding hydrogens is 360 g/mol. The summed E-state index contributed by atoms with van der Waals surface area (Å²) in [4.78, 5) is 0.0536. The number of benzene rings is 3. The van der Waals surface area contributed by atoms with Gasteiger partial charge in [0.25, 0.3) is 10.1 Å². The maximum absolute atomic E-state index is 12.9. The number of hydrogen-bond acceptors (Lipinski definition) is 4. The van der Waals surface area contributed by atoms with Crippen molar-refractivity contribution in [3.05, 3.63) is 102 Å². The van der Waals surface area contributed by atoms with Gasteiger partial charge in [-0.1, -0.05) is 78.4 Å². The minimum Gasteiger partial charge on any atom is -0.382 e. The Balaban J connectivity index is 2.05. The maximum atomic E-state index is 12.9. The fourth-order valence-electron chi connectivity index (χ4n) is 2.92. The average Bonchev–Trinajstić information content (AvgIpc) is 2.68. The molecule has 0 radical (unpaired) electrons. The van der Waals surface area contributed by atoms with Crippen molar-refractivity contribution in [3.8, 4) is 0 Å². The highest BCUT2D eigenvalue weighted by molar-refractivity contribution is 7.86. The highest BCUT2D eigenvalue weighted by Gasteiger charge is 2.39. The molecule has 1 N–H and O–H groups in total. The molecule has 0 aliphatic carbocycles. The van der Waals surface area contributed by atoms with E-state index in [1.54, 1.807) is 67.6 Å². The van der Waals surface area contributed by atoms with Gasteiger partial charge in [0.2, 0.25) is 0 Å². The van der Waals surface area contributed by atoms with Gasteiger partial charge in [-0.3, -0.25) is 4.18 Å². The lowest BCUT2D eigenvalue weighted by atomic mass is 9.86. The minimum atomic E-state index is -4.08. The Kier molecular flexibility index (Phi) is 5.46. The molecular formula is C22H22O4S. The molecule has 0 bridgehead atoms. The molecule has 3 aromatic rings. The normalized spacial score (nSPS) is 15.1. The first kappa shape index (κ1) is 19.3. The number of aryl methyl sites for hydroxylation is 1. The van der Waals surface area contributed by atoms with E-state index < -0.39 is 21.8 Å². The summed E-state index contributed by atoms with van der Waals surface area (Å²) in [5.74, 6) is 0. The van der Waals surface area contributed by atoms with Crippen LogP contribution in [0.4, 0.5) is 0 Å². The Morgan fingerprint density at radius 3 is 1.93 bits per heavy atom. The SMILES string of the molecule is Cc1ccc(S(=O)(=O)OC(c2ccccc2)C(C)(O)c2ccccc2)cc1. The van der Waals surface area contributed by atoms with Gasteiger partial charge in [-0.25, -0.2) is 0 Å². The Bertz CT molecular complexity index is 980. The summed E-state index contributed by atoms with van der Waals surface area (Å²) in [6.07, 6.45) is -1.10. The van der Waals surface area contributed by atoms with Crippen molar-refractivity contribution < 1.29 is 17.7 Å². The van der Waals surface area contributed by atoms with Gasteiger partial charge in [0, 0.05) is 0 Å². The van der Waals surface area contributed by atoms with Crippen LogP contribution in [0.5, 0.6) is 0 Å². The quantitative estimate of drug-likeness (QED) is 0.644.